The third kappa shape index (κ3) is 3.34. The molecular formula is C17H20N2O2. The van der Waals surface area contributed by atoms with Gasteiger partial charge in [-0.1, -0.05) is 24.3 Å². The van der Waals surface area contributed by atoms with Crippen molar-refractivity contribution in [2.24, 2.45) is 0 Å². The molecule has 0 saturated carbocycles. The van der Waals surface area contributed by atoms with Gasteiger partial charge in [-0.05, 0) is 43.2 Å². The van der Waals surface area contributed by atoms with Gasteiger partial charge in [0.15, 0.2) is 0 Å². The van der Waals surface area contributed by atoms with E-state index in [4.69, 9.17) is 10.5 Å². The van der Waals surface area contributed by atoms with Crippen molar-refractivity contribution < 1.29 is 9.53 Å². The van der Waals surface area contributed by atoms with E-state index in [2.05, 4.69) is 5.32 Å². The van der Waals surface area contributed by atoms with E-state index in [0.29, 0.717) is 17.0 Å². The van der Waals surface area contributed by atoms with E-state index in [0.717, 1.165) is 11.1 Å². The Morgan fingerprint density at radius 1 is 1.24 bits per heavy atom. The van der Waals surface area contributed by atoms with E-state index in [1.54, 1.807) is 25.3 Å². The van der Waals surface area contributed by atoms with Crippen LogP contribution in [0.3, 0.4) is 0 Å². The summed E-state index contributed by atoms with van der Waals surface area (Å²) in [6.45, 7) is 3.98. The lowest BCUT2D eigenvalue weighted by Crippen LogP contribution is -2.27. The van der Waals surface area contributed by atoms with Crippen molar-refractivity contribution in [3.05, 3.63) is 59.2 Å². The Bertz CT molecular complexity index is 653. The van der Waals surface area contributed by atoms with Crippen molar-refractivity contribution in [2.75, 3.05) is 12.8 Å². The molecule has 0 aromatic heterocycles. The number of nitrogen functional groups attached to an aromatic ring is 1. The number of nitrogens with two attached hydrogens (primary N) is 1. The monoisotopic (exact) mass is 284 g/mol. The summed E-state index contributed by atoms with van der Waals surface area (Å²) in [7, 11) is 1.56. The number of methoxy groups -OCH3 is 1. The minimum atomic E-state index is -0.206. The van der Waals surface area contributed by atoms with Crippen molar-refractivity contribution in [3.8, 4) is 5.75 Å². The molecule has 0 aliphatic rings. The molecule has 0 radical (unpaired) electrons. The second-order valence-corrected chi connectivity index (χ2v) is 5.00. The number of amides is 1. The maximum Gasteiger partial charge on any atom is 0.253 e. The molecule has 0 aliphatic carbocycles. The fourth-order valence-electron chi connectivity index (χ4n) is 2.28. The molecule has 110 valence electrons. The molecule has 3 N–H and O–H groups in total. The SMILES string of the molecule is COc1ccc(N)c(C(=O)N[C@@H](C)c2ccccc2C)c1. The summed E-state index contributed by atoms with van der Waals surface area (Å²) >= 11 is 0. The lowest BCUT2D eigenvalue weighted by Gasteiger charge is -2.17. The summed E-state index contributed by atoms with van der Waals surface area (Å²) < 4.78 is 5.13. The highest BCUT2D eigenvalue weighted by Gasteiger charge is 2.15. The summed E-state index contributed by atoms with van der Waals surface area (Å²) in [4.78, 5) is 12.4. The van der Waals surface area contributed by atoms with Gasteiger partial charge in [-0.2, -0.15) is 0 Å². The van der Waals surface area contributed by atoms with Gasteiger partial charge in [0.1, 0.15) is 5.75 Å². The van der Waals surface area contributed by atoms with Crippen LogP contribution in [0.1, 0.15) is 34.5 Å². The number of anilines is 1. The molecule has 0 bridgehead atoms. The Morgan fingerprint density at radius 2 is 1.95 bits per heavy atom. The molecular weight excluding hydrogens is 264 g/mol. The zero-order valence-electron chi connectivity index (χ0n) is 12.5. The first-order valence-corrected chi connectivity index (χ1v) is 6.83. The summed E-state index contributed by atoms with van der Waals surface area (Å²) in [6.07, 6.45) is 0. The lowest BCUT2D eigenvalue weighted by atomic mass is 10.0. The Hall–Kier alpha value is -2.49. The first-order chi connectivity index (χ1) is 10.0. The molecule has 4 nitrogen and oxygen atoms in total. The molecule has 4 heteroatoms. The van der Waals surface area contributed by atoms with Crippen LogP contribution < -0.4 is 15.8 Å². The predicted molar refractivity (Wildman–Crippen MR) is 84.5 cm³/mol. The molecule has 0 saturated heterocycles. The standard InChI is InChI=1S/C17H20N2O2/c1-11-6-4-5-7-14(11)12(2)19-17(20)15-10-13(21-3)8-9-16(15)18/h4-10,12H,18H2,1-3H3,(H,19,20)/t12-/m0/s1. The number of benzene rings is 2. The molecule has 0 spiro atoms. The summed E-state index contributed by atoms with van der Waals surface area (Å²) in [5.74, 6) is 0.403. The van der Waals surface area contributed by atoms with Gasteiger partial charge < -0.3 is 15.8 Å². The van der Waals surface area contributed by atoms with Crippen LogP contribution in [0.4, 0.5) is 5.69 Å². The maximum atomic E-state index is 12.4. The summed E-state index contributed by atoms with van der Waals surface area (Å²) in [6, 6.07) is 12.9. The second-order valence-electron chi connectivity index (χ2n) is 5.00. The van der Waals surface area contributed by atoms with Crippen LogP contribution in [0, 0.1) is 6.92 Å². The third-order valence-corrected chi connectivity index (χ3v) is 3.51. The number of hydrogen-bond acceptors (Lipinski definition) is 3. The molecule has 21 heavy (non-hydrogen) atoms. The van der Waals surface area contributed by atoms with Crippen LogP contribution in [-0.2, 0) is 0 Å². The van der Waals surface area contributed by atoms with Gasteiger partial charge >= 0.3 is 0 Å². The quantitative estimate of drug-likeness (QED) is 0.848. The molecule has 0 fully saturated rings. The number of carbonyl (C=O) groups excluding carboxylic acids is 1. The number of rotatable bonds is 4. The first-order valence-electron chi connectivity index (χ1n) is 6.83. The van der Waals surface area contributed by atoms with Gasteiger partial charge in [0, 0.05) is 5.69 Å². The highest BCUT2D eigenvalue weighted by molar-refractivity contribution is 5.99. The highest BCUT2D eigenvalue weighted by atomic mass is 16.5. The van der Waals surface area contributed by atoms with Gasteiger partial charge in [0.05, 0.1) is 18.7 Å². The molecule has 0 aliphatic heterocycles. The average molecular weight is 284 g/mol. The van der Waals surface area contributed by atoms with Crippen LogP contribution in [0.25, 0.3) is 0 Å². The zero-order valence-corrected chi connectivity index (χ0v) is 12.5. The minimum absolute atomic E-state index is 0.0932. The summed E-state index contributed by atoms with van der Waals surface area (Å²) in [5, 5.41) is 2.97. The Labute approximate surface area is 124 Å². The fraction of sp³-hybridized carbons (Fsp3) is 0.235. The highest BCUT2D eigenvalue weighted by Crippen LogP contribution is 2.22. The lowest BCUT2D eigenvalue weighted by molar-refractivity contribution is 0.0940. The normalized spacial score (nSPS) is 11.8. The largest absolute Gasteiger partial charge is 0.497 e. The number of carbonyl (C=O) groups is 1. The van der Waals surface area contributed by atoms with Gasteiger partial charge in [-0.25, -0.2) is 0 Å². The van der Waals surface area contributed by atoms with E-state index >= 15 is 0 Å². The van der Waals surface area contributed by atoms with Gasteiger partial charge in [0.25, 0.3) is 5.91 Å². The molecule has 1 atom stereocenters. The number of aryl methyl sites for hydroxylation is 1. The van der Waals surface area contributed by atoms with Crippen LogP contribution in [0.15, 0.2) is 42.5 Å². The van der Waals surface area contributed by atoms with Gasteiger partial charge in [-0.3, -0.25) is 4.79 Å². The molecule has 1 amide bonds. The van der Waals surface area contributed by atoms with E-state index in [1.807, 2.05) is 38.1 Å². The van der Waals surface area contributed by atoms with Gasteiger partial charge in [-0.15, -0.1) is 0 Å². The Balaban J connectivity index is 2.20. The van der Waals surface area contributed by atoms with E-state index in [9.17, 15) is 4.79 Å². The Morgan fingerprint density at radius 3 is 2.62 bits per heavy atom. The van der Waals surface area contributed by atoms with Crippen molar-refractivity contribution >= 4 is 11.6 Å². The number of ether oxygens (including phenoxy) is 1. The van der Waals surface area contributed by atoms with E-state index < -0.39 is 0 Å². The maximum absolute atomic E-state index is 12.4. The third-order valence-electron chi connectivity index (χ3n) is 3.51. The molecule has 0 unspecified atom stereocenters. The van der Waals surface area contributed by atoms with Crippen LogP contribution in [0.5, 0.6) is 5.75 Å². The number of nitrogens with one attached hydrogen (secondary N) is 1. The smallest absolute Gasteiger partial charge is 0.253 e. The van der Waals surface area contributed by atoms with Crippen molar-refractivity contribution in [1.82, 2.24) is 5.32 Å². The zero-order chi connectivity index (χ0) is 15.4. The fourth-order valence-corrected chi connectivity index (χ4v) is 2.28. The van der Waals surface area contributed by atoms with Crippen LogP contribution >= 0.6 is 0 Å². The summed E-state index contributed by atoms with van der Waals surface area (Å²) in [5.41, 5.74) is 8.97. The predicted octanol–water partition coefficient (Wildman–Crippen LogP) is 3.08. The Kier molecular flexibility index (Phi) is 4.48. The van der Waals surface area contributed by atoms with Gasteiger partial charge in [0.2, 0.25) is 0 Å². The molecule has 2 aromatic rings. The number of hydrogen-bond donors (Lipinski definition) is 2. The van der Waals surface area contributed by atoms with Crippen molar-refractivity contribution in [3.63, 3.8) is 0 Å². The van der Waals surface area contributed by atoms with Crippen molar-refractivity contribution in [1.29, 1.82) is 0 Å². The van der Waals surface area contributed by atoms with Crippen molar-refractivity contribution in [2.45, 2.75) is 19.9 Å². The molecule has 2 rings (SSSR count). The van der Waals surface area contributed by atoms with Crippen LogP contribution in [-0.4, -0.2) is 13.0 Å². The second kappa shape index (κ2) is 6.31. The average Bonchev–Trinajstić information content (AvgIpc) is 2.48. The minimum Gasteiger partial charge on any atom is -0.497 e. The van der Waals surface area contributed by atoms with E-state index in [1.165, 1.54) is 0 Å². The van der Waals surface area contributed by atoms with Crippen LogP contribution in [0.2, 0.25) is 0 Å². The first kappa shape index (κ1) is 14.9. The van der Waals surface area contributed by atoms with E-state index in [-0.39, 0.29) is 11.9 Å². The topological polar surface area (TPSA) is 64.3 Å². The molecule has 2 aromatic carbocycles. The molecule has 0 heterocycles.